The van der Waals surface area contributed by atoms with E-state index in [1.54, 1.807) is 6.20 Å². The van der Waals surface area contributed by atoms with Crippen LogP contribution in [0.2, 0.25) is 0 Å². The van der Waals surface area contributed by atoms with Crippen molar-refractivity contribution in [3.8, 4) is 0 Å². The number of carbonyl (C=O) groups excluding carboxylic acids is 2. The summed E-state index contributed by atoms with van der Waals surface area (Å²) in [5.41, 5.74) is 5.04. The number of hydrogen-bond donors (Lipinski definition) is 0. The van der Waals surface area contributed by atoms with E-state index in [0.717, 1.165) is 29.3 Å². The van der Waals surface area contributed by atoms with Crippen LogP contribution in [-0.4, -0.2) is 16.7 Å². The predicted molar refractivity (Wildman–Crippen MR) is 108 cm³/mol. The molecule has 3 aromatic rings. The van der Waals surface area contributed by atoms with E-state index in [1.165, 1.54) is 24.0 Å². The van der Waals surface area contributed by atoms with E-state index in [9.17, 15) is 9.59 Å². The minimum atomic E-state index is -0.362. The molecule has 2 aromatic carbocycles. The fraction of sp³-hybridized carbons (Fsp3) is 0.292. The minimum Gasteiger partial charge on any atom is -0.461 e. The number of para-hydroxylation sites is 1. The standard InChI is InChI=1S/C24H23NO3/c26-22(20-11-10-17-5-1-2-6-19(17)15-20)12-13-23(27)28-16-21-8-3-7-18-9-4-14-25-24(18)21/h3-4,7-11,14-15H,1-2,5-6,12-13,16H2. The van der Waals surface area contributed by atoms with Gasteiger partial charge in [-0.2, -0.15) is 0 Å². The molecule has 0 amide bonds. The van der Waals surface area contributed by atoms with E-state index in [0.29, 0.717) is 5.56 Å². The van der Waals surface area contributed by atoms with E-state index >= 15 is 0 Å². The molecule has 1 heterocycles. The molecule has 0 atom stereocenters. The van der Waals surface area contributed by atoms with Gasteiger partial charge < -0.3 is 4.74 Å². The van der Waals surface area contributed by atoms with Crippen molar-refractivity contribution < 1.29 is 14.3 Å². The average Bonchev–Trinajstić information content (AvgIpc) is 2.75. The normalized spacial score (nSPS) is 13.1. The molecule has 0 aliphatic heterocycles. The van der Waals surface area contributed by atoms with E-state index in [4.69, 9.17) is 4.74 Å². The summed E-state index contributed by atoms with van der Waals surface area (Å²) in [6.45, 7) is 0.167. The van der Waals surface area contributed by atoms with Crippen LogP contribution in [0.3, 0.4) is 0 Å². The number of fused-ring (bicyclic) bond motifs is 2. The molecule has 0 unspecified atom stereocenters. The lowest BCUT2D eigenvalue weighted by molar-refractivity contribution is -0.144. The Labute approximate surface area is 164 Å². The number of nitrogens with zero attached hydrogens (tertiary/aromatic N) is 1. The molecule has 28 heavy (non-hydrogen) atoms. The zero-order valence-corrected chi connectivity index (χ0v) is 15.8. The summed E-state index contributed by atoms with van der Waals surface area (Å²) in [7, 11) is 0. The third kappa shape index (κ3) is 4.11. The summed E-state index contributed by atoms with van der Waals surface area (Å²) in [5.74, 6) is -0.364. The molecule has 1 aromatic heterocycles. The van der Waals surface area contributed by atoms with Gasteiger partial charge in [-0.25, -0.2) is 0 Å². The Hall–Kier alpha value is -3.01. The van der Waals surface area contributed by atoms with Crippen molar-refractivity contribution in [2.75, 3.05) is 0 Å². The molecule has 0 saturated carbocycles. The Morgan fingerprint density at radius 3 is 2.64 bits per heavy atom. The first-order chi connectivity index (χ1) is 13.7. The van der Waals surface area contributed by atoms with Crippen LogP contribution in [0.25, 0.3) is 10.9 Å². The van der Waals surface area contributed by atoms with E-state index < -0.39 is 0 Å². The second-order valence-electron chi connectivity index (χ2n) is 7.27. The van der Waals surface area contributed by atoms with Crippen molar-refractivity contribution in [2.24, 2.45) is 0 Å². The van der Waals surface area contributed by atoms with Gasteiger partial charge in [-0.15, -0.1) is 0 Å². The van der Waals surface area contributed by atoms with Crippen LogP contribution in [0.15, 0.2) is 54.7 Å². The Bertz CT molecular complexity index is 1020. The van der Waals surface area contributed by atoms with Gasteiger partial charge in [0.15, 0.2) is 5.78 Å². The molecule has 1 aliphatic carbocycles. The number of ketones is 1. The van der Waals surface area contributed by atoms with Gasteiger partial charge in [-0.1, -0.05) is 36.4 Å². The van der Waals surface area contributed by atoms with Crippen LogP contribution in [0.4, 0.5) is 0 Å². The number of rotatable bonds is 6. The van der Waals surface area contributed by atoms with Crippen molar-refractivity contribution in [1.29, 1.82) is 0 Å². The third-order valence-corrected chi connectivity index (χ3v) is 5.33. The maximum absolute atomic E-state index is 12.5. The Kier molecular flexibility index (Phi) is 5.47. The molecule has 0 fully saturated rings. The summed E-state index contributed by atoms with van der Waals surface area (Å²) in [6.07, 6.45) is 6.53. The maximum atomic E-state index is 12.5. The van der Waals surface area contributed by atoms with Crippen LogP contribution in [0, 0.1) is 0 Å². The Morgan fingerprint density at radius 1 is 0.929 bits per heavy atom. The molecular weight excluding hydrogens is 350 g/mol. The second-order valence-corrected chi connectivity index (χ2v) is 7.27. The smallest absolute Gasteiger partial charge is 0.306 e. The van der Waals surface area contributed by atoms with Crippen LogP contribution in [0.5, 0.6) is 0 Å². The van der Waals surface area contributed by atoms with Crippen LogP contribution < -0.4 is 0 Å². The fourth-order valence-electron chi connectivity index (χ4n) is 3.78. The van der Waals surface area contributed by atoms with E-state index in [2.05, 4.69) is 11.1 Å². The van der Waals surface area contributed by atoms with Gasteiger partial charge in [-0.05, 0) is 48.9 Å². The molecule has 0 radical (unpaired) electrons. The Balaban J connectivity index is 1.32. The van der Waals surface area contributed by atoms with Crippen molar-refractivity contribution >= 4 is 22.7 Å². The number of aromatic nitrogens is 1. The topological polar surface area (TPSA) is 56.3 Å². The molecule has 0 spiro atoms. The summed E-state index contributed by atoms with van der Waals surface area (Å²) in [4.78, 5) is 29.0. The van der Waals surface area contributed by atoms with Gasteiger partial charge in [0.1, 0.15) is 6.61 Å². The van der Waals surface area contributed by atoms with Gasteiger partial charge in [0.2, 0.25) is 0 Å². The number of pyridine rings is 1. The lowest BCUT2D eigenvalue weighted by atomic mass is 9.89. The Morgan fingerprint density at radius 2 is 1.75 bits per heavy atom. The molecule has 0 saturated heterocycles. The molecule has 0 N–H and O–H groups in total. The number of aryl methyl sites for hydroxylation is 2. The summed E-state index contributed by atoms with van der Waals surface area (Å²) >= 11 is 0. The maximum Gasteiger partial charge on any atom is 0.306 e. The van der Waals surface area contributed by atoms with Gasteiger partial charge in [0.05, 0.1) is 11.9 Å². The third-order valence-electron chi connectivity index (χ3n) is 5.33. The molecule has 4 rings (SSSR count). The molecule has 1 aliphatic rings. The molecular formula is C24H23NO3. The number of benzene rings is 2. The van der Waals surface area contributed by atoms with Gasteiger partial charge in [0, 0.05) is 29.1 Å². The van der Waals surface area contributed by atoms with Crippen molar-refractivity contribution in [3.05, 3.63) is 77.0 Å². The number of ether oxygens (including phenoxy) is 1. The fourth-order valence-corrected chi connectivity index (χ4v) is 3.78. The van der Waals surface area contributed by atoms with Gasteiger partial charge in [-0.3, -0.25) is 14.6 Å². The van der Waals surface area contributed by atoms with Crippen molar-refractivity contribution in [1.82, 2.24) is 4.98 Å². The highest BCUT2D eigenvalue weighted by atomic mass is 16.5. The predicted octanol–water partition coefficient (Wildman–Crippen LogP) is 4.82. The van der Waals surface area contributed by atoms with Gasteiger partial charge >= 0.3 is 5.97 Å². The first kappa shape index (κ1) is 18.4. The zero-order valence-electron chi connectivity index (χ0n) is 15.8. The molecule has 0 bridgehead atoms. The average molecular weight is 373 g/mol. The van der Waals surface area contributed by atoms with Crippen LogP contribution in [-0.2, 0) is 29.0 Å². The summed E-state index contributed by atoms with van der Waals surface area (Å²) < 4.78 is 5.38. The largest absolute Gasteiger partial charge is 0.461 e. The van der Waals surface area contributed by atoms with Gasteiger partial charge in [0.25, 0.3) is 0 Å². The summed E-state index contributed by atoms with van der Waals surface area (Å²) in [6, 6.07) is 15.6. The SMILES string of the molecule is O=C(CCC(=O)c1ccc2c(c1)CCCC2)OCc1cccc2cccnc12. The number of hydrogen-bond acceptors (Lipinski definition) is 4. The second kappa shape index (κ2) is 8.34. The number of esters is 1. The lowest BCUT2D eigenvalue weighted by Gasteiger charge is -2.16. The quantitative estimate of drug-likeness (QED) is 0.459. The van der Waals surface area contributed by atoms with Crippen molar-refractivity contribution in [2.45, 2.75) is 45.1 Å². The lowest BCUT2D eigenvalue weighted by Crippen LogP contribution is -2.10. The first-order valence-corrected chi connectivity index (χ1v) is 9.84. The van der Waals surface area contributed by atoms with Crippen LogP contribution in [0.1, 0.15) is 52.7 Å². The summed E-state index contributed by atoms with van der Waals surface area (Å²) in [5, 5.41) is 1.01. The highest BCUT2D eigenvalue weighted by Crippen LogP contribution is 2.23. The minimum absolute atomic E-state index is 0.00264. The monoisotopic (exact) mass is 373 g/mol. The van der Waals surface area contributed by atoms with E-state index in [-0.39, 0.29) is 31.2 Å². The zero-order chi connectivity index (χ0) is 19.3. The van der Waals surface area contributed by atoms with Crippen LogP contribution >= 0.6 is 0 Å². The highest BCUT2D eigenvalue weighted by molar-refractivity contribution is 5.97. The molecule has 4 heteroatoms. The van der Waals surface area contributed by atoms with Crippen molar-refractivity contribution in [3.63, 3.8) is 0 Å². The highest BCUT2D eigenvalue weighted by Gasteiger charge is 2.15. The first-order valence-electron chi connectivity index (χ1n) is 9.84. The number of carbonyl (C=O) groups is 2. The molecule has 4 nitrogen and oxygen atoms in total. The van der Waals surface area contributed by atoms with E-state index in [1.807, 2.05) is 42.5 Å². The number of Topliss-reactive ketones (excluding diaryl/α,β-unsaturated/α-hetero) is 1. The molecule has 142 valence electrons.